The fourth-order valence-electron chi connectivity index (χ4n) is 2.22. The predicted octanol–water partition coefficient (Wildman–Crippen LogP) is 4.27. The van der Waals surface area contributed by atoms with E-state index in [2.05, 4.69) is 5.32 Å². The van der Waals surface area contributed by atoms with E-state index in [1.54, 1.807) is 48.5 Å². The third-order valence-electron chi connectivity index (χ3n) is 3.46. The van der Waals surface area contributed by atoms with Gasteiger partial charge in [-0.25, -0.2) is 4.79 Å². The largest absolute Gasteiger partial charge is 0.457 e. The minimum absolute atomic E-state index is 0.345. The Morgan fingerprint density at radius 3 is 1.96 bits per heavy atom. The fourth-order valence-corrected chi connectivity index (χ4v) is 2.22. The van der Waals surface area contributed by atoms with Crippen molar-refractivity contribution in [2.45, 2.75) is 0 Å². The zero-order chi connectivity index (χ0) is 18.2. The summed E-state index contributed by atoms with van der Waals surface area (Å²) >= 11 is 0. The third-order valence-corrected chi connectivity index (χ3v) is 3.46. The van der Waals surface area contributed by atoms with Gasteiger partial charge in [-0.1, -0.05) is 36.4 Å². The van der Waals surface area contributed by atoms with Crippen LogP contribution in [-0.2, 0) is 9.53 Å². The second kappa shape index (κ2) is 8.48. The molecule has 0 bridgehead atoms. The standard InChI is InChI=1S/C21H17NO4/c23-20(22-17-7-3-1-4-8-17)15-25-21(24)16-11-13-19(14-12-16)26-18-9-5-2-6-10-18/h1-14H,15H2,(H,22,23). The van der Waals surface area contributed by atoms with Gasteiger partial charge in [0.05, 0.1) is 5.56 Å². The maximum atomic E-state index is 12.0. The predicted molar refractivity (Wildman–Crippen MR) is 98.3 cm³/mol. The van der Waals surface area contributed by atoms with Gasteiger partial charge in [0.1, 0.15) is 11.5 Å². The minimum atomic E-state index is -0.570. The van der Waals surface area contributed by atoms with Crippen LogP contribution >= 0.6 is 0 Å². The summed E-state index contributed by atoms with van der Waals surface area (Å²) in [5.41, 5.74) is 0.994. The molecule has 0 aliphatic heterocycles. The number of hydrogen-bond donors (Lipinski definition) is 1. The van der Waals surface area contributed by atoms with Crippen molar-refractivity contribution in [2.75, 3.05) is 11.9 Å². The van der Waals surface area contributed by atoms with E-state index in [1.165, 1.54) is 0 Å². The minimum Gasteiger partial charge on any atom is -0.457 e. The molecule has 0 spiro atoms. The first-order valence-corrected chi connectivity index (χ1v) is 8.06. The second-order valence-corrected chi connectivity index (χ2v) is 5.43. The van der Waals surface area contributed by atoms with E-state index in [9.17, 15) is 9.59 Å². The molecule has 0 aliphatic carbocycles. The molecule has 0 aliphatic rings. The molecule has 26 heavy (non-hydrogen) atoms. The SMILES string of the molecule is O=C(COC(=O)c1ccc(Oc2ccccc2)cc1)Nc1ccccc1. The summed E-state index contributed by atoms with van der Waals surface area (Å²) in [7, 11) is 0. The molecule has 0 saturated carbocycles. The van der Waals surface area contributed by atoms with Crippen molar-refractivity contribution >= 4 is 17.6 Å². The number of amides is 1. The zero-order valence-corrected chi connectivity index (χ0v) is 13.9. The lowest BCUT2D eigenvalue weighted by Gasteiger charge is -2.08. The Hall–Kier alpha value is -3.60. The van der Waals surface area contributed by atoms with Gasteiger partial charge < -0.3 is 14.8 Å². The maximum Gasteiger partial charge on any atom is 0.338 e. The number of hydrogen-bond acceptors (Lipinski definition) is 4. The number of carbonyl (C=O) groups excluding carboxylic acids is 2. The zero-order valence-electron chi connectivity index (χ0n) is 13.9. The van der Waals surface area contributed by atoms with Crippen LogP contribution in [-0.4, -0.2) is 18.5 Å². The number of benzene rings is 3. The molecule has 1 N–H and O–H groups in total. The Balaban J connectivity index is 1.51. The average Bonchev–Trinajstić information content (AvgIpc) is 2.68. The molecule has 3 rings (SSSR count). The van der Waals surface area contributed by atoms with Gasteiger partial charge >= 0.3 is 5.97 Å². The molecule has 0 unspecified atom stereocenters. The number of nitrogens with one attached hydrogen (secondary N) is 1. The molecule has 0 aromatic heterocycles. The van der Waals surface area contributed by atoms with Gasteiger partial charge in [-0.15, -0.1) is 0 Å². The average molecular weight is 347 g/mol. The van der Waals surface area contributed by atoms with Crippen LogP contribution in [0, 0.1) is 0 Å². The second-order valence-electron chi connectivity index (χ2n) is 5.43. The van der Waals surface area contributed by atoms with Gasteiger partial charge in [-0.3, -0.25) is 4.79 Å². The normalized spacial score (nSPS) is 10.0. The monoisotopic (exact) mass is 347 g/mol. The molecule has 130 valence electrons. The summed E-state index contributed by atoms with van der Waals surface area (Å²) < 4.78 is 10.7. The van der Waals surface area contributed by atoms with Crippen LogP contribution in [0.4, 0.5) is 5.69 Å². The topological polar surface area (TPSA) is 64.6 Å². The van der Waals surface area contributed by atoms with Crippen molar-refractivity contribution in [3.63, 3.8) is 0 Å². The summed E-state index contributed by atoms with van der Waals surface area (Å²) in [4.78, 5) is 23.8. The summed E-state index contributed by atoms with van der Waals surface area (Å²) in [5, 5.41) is 2.65. The first kappa shape index (κ1) is 17.2. The highest BCUT2D eigenvalue weighted by molar-refractivity contribution is 5.95. The number of rotatable bonds is 6. The quantitative estimate of drug-likeness (QED) is 0.676. The van der Waals surface area contributed by atoms with E-state index in [0.29, 0.717) is 22.7 Å². The van der Waals surface area contributed by atoms with Crippen LogP contribution < -0.4 is 10.1 Å². The molecular weight excluding hydrogens is 330 g/mol. The highest BCUT2D eigenvalue weighted by Gasteiger charge is 2.10. The number of ether oxygens (including phenoxy) is 2. The van der Waals surface area contributed by atoms with Crippen molar-refractivity contribution in [3.8, 4) is 11.5 Å². The Labute approximate surface area is 151 Å². The molecule has 0 radical (unpaired) electrons. The summed E-state index contributed by atoms with van der Waals surface area (Å²) in [6.07, 6.45) is 0. The van der Waals surface area contributed by atoms with Crippen molar-refractivity contribution in [2.24, 2.45) is 0 Å². The van der Waals surface area contributed by atoms with E-state index in [0.717, 1.165) is 0 Å². The summed E-state index contributed by atoms with van der Waals surface area (Å²) in [6.45, 7) is -0.351. The summed E-state index contributed by atoms with van der Waals surface area (Å²) in [6, 6.07) is 24.8. The molecule has 1 amide bonds. The first-order valence-electron chi connectivity index (χ1n) is 8.06. The van der Waals surface area contributed by atoms with E-state index in [1.807, 2.05) is 36.4 Å². The van der Waals surface area contributed by atoms with Crippen molar-refractivity contribution in [3.05, 3.63) is 90.5 Å². The molecule has 5 nitrogen and oxygen atoms in total. The van der Waals surface area contributed by atoms with Crippen molar-refractivity contribution in [1.29, 1.82) is 0 Å². The maximum absolute atomic E-state index is 12.0. The number of para-hydroxylation sites is 2. The highest BCUT2D eigenvalue weighted by Crippen LogP contribution is 2.21. The van der Waals surface area contributed by atoms with Gasteiger partial charge in [0.15, 0.2) is 6.61 Å². The molecule has 3 aromatic rings. The third kappa shape index (κ3) is 4.95. The van der Waals surface area contributed by atoms with Gasteiger partial charge in [0.2, 0.25) is 0 Å². The molecule has 5 heteroatoms. The van der Waals surface area contributed by atoms with Gasteiger partial charge in [-0.2, -0.15) is 0 Å². The first-order chi connectivity index (χ1) is 12.7. The molecule has 0 atom stereocenters. The number of carbonyl (C=O) groups is 2. The number of esters is 1. The Morgan fingerprint density at radius 2 is 1.31 bits per heavy atom. The number of anilines is 1. The molecular formula is C21H17NO4. The highest BCUT2D eigenvalue weighted by atomic mass is 16.5. The van der Waals surface area contributed by atoms with Crippen LogP contribution in [0.1, 0.15) is 10.4 Å². The fraction of sp³-hybridized carbons (Fsp3) is 0.0476. The lowest BCUT2D eigenvalue weighted by Crippen LogP contribution is -2.20. The molecule has 0 fully saturated rings. The lowest BCUT2D eigenvalue weighted by atomic mass is 10.2. The lowest BCUT2D eigenvalue weighted by molar-refractivity contribution is -0.119. The molecule has 0 saturated heterocycles. The van der Waals surface area contributed by atoms with Crippen LogP contribution in [0.3, 0.4) is 0 Å². The van der Waals surface area contributed by atoms with Crippen LogP contribution in [0.15, 0.2) is 84.9 Å². The smallest absolute Gasteiger partial charge is 0.338 e. The van der Waals surface area contributed by atoms with E-state index < -0.39 is 11.9 Å². The van der Waals surface area contributed by atoms with E-state index in [-0.39, 0.29) is 6.61 Å². The van der Waals surface area contributed by atoms with Crippen LogP contribution in [0.25, 0.3) is 0 Å². The van der Waals surface area contributed by atoms with Crippen molar-refractivity contribution < 1.29 is 19.1 Å². The van der Waals surface area contributed by atoms with Crippen LogP contribution in [0.5, 0.6) is 11.5 Å². The van der Waals surface area contributed by atoms with E-state index >= 15 is 0 Å². The van der Waals surface area contributed by atoms with E-state index in [4.69, 9.17) is 9.47 Å². The van der Waals surface area contributed by atoms with Gasteiger partial charge in [0.25, 0.3) is 5.91 Å². The summed E-state index contributed by atoms with van der Waals surface area (Å²) in [5.74, 6) is 0.350. The van der Waals surface area contributed by atoms with Crippen LogP contribution in [0.2, 0.25) is 0 Å². The Morgan fingerprint density at radius 1 is 0.731 bits per heavy atom. The molecule has 3 aromatic carbocycles. The molecule has 0 heterocycles. The Bertz CT molecular complexity index is 862. The Kier molecular flexibility index (Phi) is 5.62. The van der Waals surface area contributed by atoms with Gasteiger partial charge in [-0.05, 0) is 48.5 Å². The van der Waals surface area contributed by atoms with Crippen molar-refractivity contribution in [1.82, 2.24) is 0 Å². The van der Waals surface area contributed by atoms with Gasteiger partial charge in [0, 0.05) is 5.69 Å².